The molecular weight excluding hydrogens is 248 g/mol. The number of rotatable bonds is 2. The van der Waals surface area contributed by atoms with Crippen molar-refractivity contribution in [1.82, 2.24) is 9.80 Å². The molecule has 2 amide bonds. The Morgan fingerprint density at radius 2 is 0.950 bits per heavy atom. The van der Waals surface area contributed by atoms with Gasteiger partial charge in [0.2, 0.25) is 0 Å². The van der Waals surface area contributed by atoms with Crippen molar-refractivity contribution in [2.45, 2.75) is 89.1 Å². The first kappa shape index (κ1) is 14.2. The number of urea groups is 1. The molecule has 3 rings (SSSR count). The average Bonchev–Trinajstić information content (AvgIpc) is 2.74. The molecule has 0 atom stereocenters. The zero-order valence-electron chi connectivity index (χ0n) is 12.9. The normalized spacial score (nSPS) is 27.7. The van der Waals surface area contributed by atoms with Crippen LogP contribution in [-0.2, 0) is 0 Å². The summed E-state index contributed by atoms with van der Waals surface area (Å²) < 4.78 is 0. The largest absolute Gasteiger partial charge is 0.320 e. The Bertz CT molecular complexity index is 285. The minimum Gasteiger partial charge on any atom is -0.320 e. The van der Waals surface area contributed by atoms with E-state index in [4.69, 9.17) is 0 Å². The fourth-order valence-corrected chi connectivity index (χ4v) is 4.39. The van der Waals surface area contributed by atoms with Crippen LogP contribution in [-0.4, -0.2) is 41.0 Å². The molecule has 1 heterocycles. The summed E-state index contributed by atoms with van der Waals surface area (Å²) >= 11 is 0. The third-order valence-corrected chi connectivity index (χ3v) is 5.60. The van der Waals surface area contributed by atoms with Gasteiger partial charge in [-0.15, -0.1) is 0 Å². The Morgan fingerprint density at radius 3 is 1.30 bits per heavy atom. The van der Waals surface area contributed by atoms with Crippen LogP contribution in [0, 0.1) is 0 Å². The predicted octanol–water partition coefficient (Wildman–Crippen LogP) is 4.17. The number of carbonyl (C=O) groups excluding carboxylic acids is 1. The molecule has 0 radical (unpaired) electrons. The zero-order chi connectivity index (χ0) is 13.8. The predicted molar refractivity (Wildman–Crippen MR) is 81.8 cm³/mol. The van der Waals surface area contributed by atoms with E-state index in [1.54, 1.807) is 0 Å². The van der Waals surface area contributed by atoms with Crippen LogP contribution in [0.3, 0.4) is 0 Å². The quantitative estimate of drug-likeness (QED) is 0.695. The minimum atomic E-state index is 0.365. The van der Waals surface area contributed by atoms with E-state index in [1.165, 1.54) is 77.0 Å². The van der Waals surface area contributed by atoms with Crippen molar-refractivity contribution in [3.63, 3.8) is 0 Å². The lowest BCUT2D eigenvalue weighted by molar-refractivity contribution is 0.157. The minimum absolute atomic E-state index is 0.365. The summed E-state index contributed by atoms with van der Waals surface area (Å²) in [4.78, 5) is 17.2. The molecule has 3 aliphatic rings. The van der Waals surface area contributed by atoms with Crippen molar-refractivity contribution in [1.29, 1.82) is 0 Å². The van der Waals surface area contributed by atoms with E-state index in [0.717, 1.165) is 13.1 Å². The maximum absolute atomic E-state index is 12.8. The molecule has 1 aliphatic heterocycles. The second-order valence-electron chi connectivity index (χ2n) is 6.96. The van der Waals surface area contributed by atoms with Crippen LogP contribution in [0.4, 0.5) is 4.79 Å². The first-order chi connectivity index (χ1) is 9.86. The van der Waals surface area contributed by atoms with Gasteiger partial charge in [0.05, 0.1) is 0 Å². The molecule has 0 aromatic heterocycles. The lowest BCUT2D eigenvalue weighted by Crippen LogP contribution is -2.42. The zero-order valence-corrected chi connectivity index (χ0v) is 12.9. The average molecular weight is 278 g/mol. The van der Waals surface area contributed by atoms with Crippen LogP contribution >= 0.6 is 0 Å². The SMILES string of the molecule is O=C1N(C2CCCCCC2)CCN1C1CCCCCC1. The van der Waals surface area contributed by atoms with Gasteiger partial charge in [0, 0.05) is 25.2 Å². The highest BCUT2D eigenvalue weighted by molar-refractivity contribution is 5.77. The van der Waals surface area contributed by atoms with E-state index >= 15 is 0 Å². The molecular formula is C17H30N2O. The van der Waals surface area contributed by atoms with Crippen LogP contribution in [0.2, 0.25) is 0 Å². The third kappa shape index (κ3) is 3.12. The van der Waals surface area contributed by atoms with Gasteiger partial charge in [0.15, 0.2) is 0 Å². The Balaban J connectivity index is 1.60. The van der Waals surface area contributed by atoms with E-state index in [9.17, 15) is 4.79 Å². The Labute approximate surface area is 123 Å². The maximum Gasteiger partial charge on any atom is 0.320 e. The molecule has 2 saturated carbocycles. The van der Waals surface area contributed by atoms with Gasteiger partial charge in [-0.25, -0.2) is 4.79 Å². The van der Waals surface area contributed by atoms with Gasteiger partial charge in [0.1, 0.15) is 0 Å². The fraction of sp³-hybridized carbons (Fsp3) is 0.941. The lowest BCUT2D eigenvalue weighted by Gasteiger charge is -2.30. The first-order valence-corrected chi connectivity index (χ1v) is 8.93. The van der Waals surface area contributed by atoms with Gasteiger partial charge in [-0.1, -0.05) is 51.4 Å². The second-order valence-corrected chi connectivity index (χ2v) is 6.96. The summed E-state index contributed by atoms with van der Waals surface area (Å²) in [6.45, 7) is 1.97. The summed E-state index contributed by atoms with van der Waals surface area (Å²) in [5.74, 6) is 0. The summed E-state index contributed by atoms with van der Waals surface area (Å²) in [6, 6.07) is 1.45. The lowest BCUT2D eigenvalue weighted by atomic mass is 10.1. The molecule has 3 heteroatoms. The van der Waals surface area contributed by atoms with Gasteiger partial charge in [-0.05, 0) is 25.7 Å². The van der Waals surface area contributed by atoms with E-state index in [-0.39, 0.29) is 0 Å². The molecule has 1 saturated heterocycles. The molecule has 20 heavy (non-hydrogen) atoms. The van der Waals surface area contributed by atoms with Gasteiger partial charge >= 0.3 is 6.03 Å². The van der Waals surface area contributed by atoms with Gasteiger partial charge in [-0.3, -0.25) is 0 Å². The van der Waals surface area contributed by atoms with E-state index in [2.05, 4.69) is 9.80 Å². The van der Waals surface area contributed by atoms with Crippen molar-refractivity contribution in [3.05, 3.63) is 0 Å². The standard InChI is InChI=1S/C17H30N2O/c20-17-18(15-9-5-1-2-6-10-15)13-14-19(17)16-11-7-3-4-8-12-16/h15-16H,1-14H2. The molecule has 3 nitrogen and oxygen atoms in total. The first-order valence-electron chi connectivity index (χ1n) is 8.93. The highest BCUT2D eigenvalue weighted by Crippen LogP contribution is 2.29. The van der Waals surface area contributed by atoms with Crippen molar-refractivity contribution < 1.29 is 4.79 Å². The molecule has 0 bridgehead atoms. The van der Waals surface area contributed by atoms with E-state index < -0.39 is 0 Å². The van der Waals surface area contributed by atoms with Crippen LogP contribution in [0.25, 0.3) is 0 Å². The molecule has 0 aromatic carbocycles. The number of hydrogen-bond donors (Lipinski definition) is 0. The molecule has 114 valence electrons. The van der Waals surface area contributed by atoms with E-state index in [0.29, 0.717) is 18.1 Å². The van der Waals surface area contributed by atoms with Crippen LogP contribution in [0.15, 0.2) is 0 Å². The molecule has 0 N–H and O–H groups in total. The Morgan fingerprint density at radius 1 is 0.600 bits per heavy atom. The van der Waals surface area contributed by atoms with Crippen molar-refractivity contribution >= 4 is 6.03 Å². The van der Waals surface area contributed by atoms with Crippen LogP contribution < -0.4 is 0 Å². The Hall–Kier alpha value is -0.730. The number of hydrogen-bond acceptors (Lipinski definition) is 1. The summed E-state index contributed by atoms with van der Waals surface area (Å²) in [5, 5.41) is 0. The molecule has 2 aliphatic carbocycles. The fourth-order valence-electron chi connectivity index (χ4n) is 4.39. The van der Waals surface area contributed by atoms with Crippen molar-refractivity contribution in [2.24, 2.45) is 0 Å². The van der Waals surface area contributed by atoms with Crippen LogP contribution in [0.1, 0.15) is 77.0 Å². The summed E-state index contributed by atoms with van der Waals surface area (Å²) in [6.07, 6.45) is 15.7. The Kier molecular flexibility index (Phi) is 4.85. The summed E-state index contributed by atoms with van der Waals surface area (Å²) in [7, 11) is 0. The van der Waals surface area contributed by atoms with Gasteiger partial charge in [-0.2, -0.15) is 0 Å². The molecule has 0 unspecified atom stereocenters. The molecule has 0 spiro atoms. The molecule has 0 aromatic rings. The third-order valence-electron chi connectivity index (χ3n) is 5.60. The summed E-state index contributed by atoms with van der Waals surface area (Å²) in [5.41, 5.74) is 0. The van der Waals surface area contributed by atoms with Crippen molar-refractivity contribution in [2.75, 3.05) is 13.1 Å². The molecule has 3 fully saturated rings. The van der Waals surface area contributed by atoms with Gasteiger partial charge < -0.3 is 9.80 Å². The van der Waals surface area contributed by atoms with E-state index in [1.807, 2.05) is 0 Å². The highest BCUT2D eigenvalue weighted by atomic mass is 16.2. The van der Waals surface area contributed by atoms with Crippen LogP contribution in [0.5, 0.6) is 0 Å². The maximum atomic E-state index is 12.8. The topological polar surface area (TPSA) is 23.6 Å². The number of carbonyl (C=O) groups is 1. The number of amides is 2. The smallest absolute Gasteiger partial charge is 0.320 e. The number of nitrogens with zero attached hydrogens (tertiary/aromatic N) is 2. The highest BCUT2D eigenvalue weighted by Gasteiger charge is 2.37. The van der Waals surface area contributed by atoms with Crippen molar-refractivity contribution in [3.8, 4) is 0 Å². The monoisotopic (exact) mass is 278 g/mol. The second kappa shape index (κ2) is 6.82. The van der Waals surface area contributed by atoms with Gasteiger partial charge in [0.25, 0.3) is 0 Å².